The minimum absolute atomic E-state index is 0. The summed E-state index contributed by atoms with van der Waals surface area (Å²) in [5.41, 5.74) is 3.71. The molecule has 2 aromatic carbocycles. The molecular formula is C28H34ClN7O. The molecular weight excluding hydrogens is 486 g/mol. The number of carbonyl (C=O) groups is 1. The van der Waals surface area contributed by atoms with Gasteiger partial charge in [0.15, 0.2) is 5.82 Å². The molecule has 2 saturated carbocycles. The number of hydrogen-bond acceptors (Lipinski definition) is 5. The van der Waals surface area contributed by atoms with Crippen molar-refractivity contribution in [2.75, 3.05) is 0 Å². The van der Waals surface area contributed by atoms with E-state index in [1.54, 1.807) is 0 Å². The molecule has 0 spiro atoms. The van der Waals surface area contributed by atoms with Crippen LogP contribution < -0.4 is 0 Å². The number of benzene rings is 2. The quantitative estimate of drug-likeness (QED) is 0.347. The number of aromatic amines is 1. The Balaban J connectivity index is 0.00000280. The molecule has 1 amide bonds. The first-order valence-corrected chi connectivity index (χ1v) is 13.4. The lowest BCUT2D eigenvalue weighted by molar-refractivity contribution is -0.138. The van der Waals surface area contributed by atoms with Crippen molar-refractivity contribution in [1.29, 1.82) is 0 Å². The van der Waals surface area contributed by atoms with Gasteiger partial charge in [-0.1, -0.05) is 68.9 Å². The predicted octanol–water partition coefficient (Wildman–Crippen LogP) is 5.80. The van der Waals surface area contributed by atoms with E-state index in [0.29, 0.717) is 24.5 Å². The Morgan fingerprint density at radius 2 is 1.57 bits per heavy atom. The number of rotatable bonds is 6. The van der Waals surface area contributed by atoms with Crippen LogP contribution >= 0.6 is 12.4 Å². The number of aromatic nitrogens is 6. The second-order valence-electron chi connectivity index (χ2n) is 10.2. The van der Waals surface area contributed by atoms with Crippen molar-refractivity contribution >= 4 is 29.3 Å². The number of para-hydroxylation sites is 2. The second-order valence-corrected chi connectivity index (χ2v) is 10.2. The van der Waals surface area contributed by atoms with E-state index in [9.17, 15) is 4.79 Å². The molecule has 9 heteroatoms. The summed E-state index contributed by atoms with van der Waals surface area (Å²) in [6.45, 7) is 0.303. The lowest BCUT2D eigenvalue weighted by Gasteiger charge is -2.42. The van der Waals surface area contributed by atoms with Crippen molar-refractivity contribution < 1.29 is 4.79 Å². The number of carbonyl (C=O) groups excluding carboxylic acids is 1. The number of nitrogens with one attached hydrogen (secondary N) is 1. The second kappa shape index (κ2) is 11.4. The molecule has 1 N–H and O–H groups in total. The number of hydrogen-bond donors (Lipinski definition) is 1. The fourth-order valence-corrected chi connectivity index (χ4v) is 6.18. The summed E-state index contributed by atoms with van der Waals surface area (Å²) < 4.78 is 2.11. The maximum Gasteiger partial charge on any atom is 0.243 e. The Bertz CT molecular complexity index is 1310. The van der Waals surface area contributed by atoms with Crippen molar-refractivity contribution in [2.45, 2.75) is 82.8 Å². The van der Waals surface area contributed by atoms with Gasteiger partial charge in [-0.15, -0.1) is 17.5 Å². The Morgan fingerprint density at radius 3 is 2.24 bits per heavy atom. The third-order valence-electron chi connectivity index (χ3n) is 7.91. The van der Waals surface area contributed by atoms with E-state index in [1.165, 1.54) is 38.5 Å². The Hall–Kier alpha value is -3.26. The largest absolute Gasteiger partial charge is 0.335 e. The van der Waals surface area contributed by atoms with Crippen LogP contribution in [0.3, 0.4) is 0 Å². The van der Waals surface area contributed by atoms with Gasteiger partial charge in [-0.25, -0.2) is 10.1 Å². The molecule has 2 fully saturated rings. The predicted molar refractivity (Wildman–Crippen MR) is 146 cm³/mol. The van der Waals surface area contributed by atoms with Crippen LogP contribution in [-0.4, -0.2) is 53.1 Å². The average Bonchev–Trinajstić information content (AvgIpc) is 3.59. The van der Waals surface area contributed by atoms with E-state index >= 15 is 0 Å². The van der Waals surface area contributed by atoms with Crippen LogP contribution in [0.5, 0.6) is 0 Å². The molecule has 37 heavy (non-hydrogen) atoms. The SMILES string of the molecule is Cl.O=C(Cn1c(-c2cccc(-c3nnn[nH]3)c2)nc2ccccc21)N(C1CCCCC1)C1CCCCC1. The zero-order valence-corrected chi connectivity index (χ0v) is 21.9. The summed E-state index contributed by atoms with van der Waals surface area (Å²) in [5, 5.41) is 14.3. The summed E-state index contributed by atoms with van der Waals surface area (Å²) in [6, 6.07) is 16.9. The Labute approximate surface area is 223 Å². The van der Waals surface area contributed by atoms with Crippen molar-refractivity contribution in [1.82, 2.24) is 35.1 Å². The highest BCUT2D eigenvalue weighted by atomic mass is 35.5. The van der Waals surface area contributed by atoms with E-state index in [-0.39, 0.29) is 18.3 Å². The first-order valence-electron chi connectivity index (χ1n) is 13.4. The van der Waals surface area contributed by atoms with Crippen molar-refractivity contribution in [3.8, 4) is 22.8 Å². The van der Waals surface area contributed by atoms with Crippen LogP contribution in [0.25, 0.3) is 33.8 Å². The van der Waals surface area contributed by atoms with Crippen LogP contribution in [-0.2, 0) is 11.3 Å². The number of halogens is 1. The lowest BCUT2D eigenvalue weighted by Crippen LogP contribution is -2.50. The van der Waals surface area contributed by atoms with Gasteiger partial charge in [-0.05, 0) is 54.3 Å². The number of nitrogens with zero attached hydrogens (tertiary/aromatic N) is 6. The summed E-state index contributed by atoms with van der Waals surface area (Å²) in [6.07, 6.45) is 12.0. The Kier molecular flexibility index (Phi) is 7.84. The maximum absolute atomic E-state index is 14.1. The highest BCUT2D eigenvalue weighted by molar-refractivity contribution is 5.86. The van der Waals surface area contributed by atoms with Gasteiger partial charge in [-0.3, -0.25) is 4.79 Å². The van der Waals surface area contributed by atoms with Crippen LogP contribution in [0, 0.1) is 0 Å². The van der Waals surface area contributed by atoms with Crippen molar-refractivity contribution in [3.05, 3.63) is 48.5 Å². The molecule has 0 aliphatic heterocycles. The number of tetrazole rings is 1. The maximum atomic E-state index is 14.1. The van der Waals surface area contributed by atoms with Gasteiger partial charge >= 0.3 is 0 Å². The molecule has 8 nitrogen and oxygen atoms in total. The zero-order chi connectivity index (χ0) is 24.3. The van der Waals surface area contributed by atoms with Crippen LogP contribution in [0.15, 0.2) is 48.5 Å². The fraction of sp³-hybridized carbons (Fsp3) is 0.464. The topological polar surface area (TPSA) is 92.6 Å². The molecule has 2 aromatic heterocycles. The number of fused-ring (bicyclic) bond motifs is 1. The molecule has 0 bridgehead atoms. The zero-order valence-electron chi connectivity index (χ0n) is 21.1. The number of H-pyrrole nitrogens is 1. The van der Waals surface area contributed by atoms with Gasteiger partial charge in [-0.2, -0.15) is 0 Å². The van der Waals surface area contributed by atoms with E-state index in [4.69, 9.17) is 4.98 Å². The highest BCUT2D eigenvalue weighted by Crippen LogP contribution is 2.32. The average molecular weight is 520 g/mol. The van der Waals surface area contributed by atoms with Crippen LogP contribution in [0.1, 0.15) is 64.2 Å². The van der Waals surface area contributed by atoms with Gasteiger partial charge in [0.05, 0.1) is 11.0 Å². The normalized spacial score (nSPS) is 17.0. The molecule has 0 atom stereocenters. The van der Waals surface area contributed by atoms with E-state index in [0.717, 1.165) is 53.7 Å². The standard InChI is InChI=1S/C28H33N7O.ClH/c36-26(35(22-12-3-1-4-13-22)23-14-5-2-6-15-23)19-34-25-17-8-7-16-24(25)29-28(34)21-11-9-10-20(18-21)27-30-32-33-31-27;/h7-11,16-18,22-23H,1-6,12-15,19H2,(H,30,31,32,33);1H. The summed E-state index contributed by atoms with van der Waals surface area (Å²) >= 11 is 0. The summed E-state index contributed by atoms with van der Waals surface area (Å²) in [7, 11) is 0. The number of amides is 1. The minimum Gasteiger partial charge on any atom is -0.335 e. The third-order valence-corrected chi connectivity index (χ3v) is 7.91. The van der Waals surface area contributed by atoms with Crippen molar-refractivity contribution in [2.24, 2.45) is 0 Å². The molecule has 194 valence electrons. The van der Waals surface area contributed by atoms with Gasteiger partial charge in [0.1, 0.15) is 12.4 Å². The van der Waals surface area contributed by atoms with Gasteiger partial charge in [0, 0.05) is 23.2 Å². The van der Waals surface area contributed by atoms with Gasteiger partial charge in [0.2, 0.25) is 5.91 Å². The van der Waals surface area contributed by atoms with Crippen LogP contribution in [0.2, 0.25) is 0 Å². The van der Waals surface area contributed by atoms with Crippen molar-refractivity contribution in [3.63, 3.8) is 0 Å². The summed E-state index contributed by atoms with van der Waals surface area (Å²) in [5.74, 6) is 1.64. The lowest BCUT2D eigenvalue weighted by atomic mass is 9.88. The molecule has 4 aromatic rings. The smallest absolute Gasteiger partial charge is 0.243 e. The van der Waals surface area contributed by atoms with Gasteiger partial charge < -0.3 is 9.47 Å². The summed E-state index contributed by atoms with van der Waals surface area (Å²) in [4.78, 5) is 21.4. The minimum atomic E-state index is 0. The molecule has 2 aliphatic carbocycles. The first-order chi connectivity index (χ1) is 17.8. The highest BCUT2D eigenvalue weighted by Gasteiger charge is 2.33. The van der Waals surface area contributed by atoms with E-state index in [2.05, 4.69) is 36.2 Å². The first kappa shape index (κ1) is 25.4. The third kappa shape index (κ3) is 5.25. The van der Waals surface area contributed by atoms with E-state index < -0.39 is 0 Å². The van der Waals surface area contributed by atoms with Crippen LogP contribution in [0.4, 0.5) is 0 Å². The van der Waals surface area contributed by atoms with Gasteiger partial charge in [0.25, 0.3) is 0 Å². The molecule has 0 radical (unpaired) electrons. The fourth-order valence-electron chi connectivity index (χ4n) is 6.18. The monoisotopic (exact) mass is 519 g/mol. The molecule has 0 saturated heterocycles. The number of imidazole rings is 1. The Morgan fingerprint density at radius 1 is 0.892 bits per heavy atom. The molecule has 6 rings (SSSR count). The molecule has 0 unspecified atom stereocenters. The molecule has 2 aliphatic rings. The van der Waals surface area contributed by atoms with E-state index in [1.807, 2.05) is 42.5 Å². The molecule has 2 heterocycles.